The summed E-state index contributed by atoms with van der Waals surface area (Å²) in [5.74, 6) is 1.07. The lowest BCUT2D eigenvalue weighted by Gasteiger charge is -2.23. The van der Waals surface area contributed by atoms with Gasteiger partial charge in [-0.15, -0.1) is 0 Å². The lowest BCUT2D eigenvalue weighted by atomic mass is 9.88. The van der Waals surface area contributed by atoms with Crippen molar-refractivity contribution in [3.05, 3.63) is 47.3 Å². The smallest absolute Gasteiger partial charge is 0.109 e. The van der Waals surface area contributed by atoms with Gasteiger partial charge < -0.3 is 10.3 Å². The van der Waals surface area contributed by atoms with Crippen molar-refractivity contribution >= 4 is 21.9 Å². The number of benzene rings is 1. The van der Waals surface area contributed by atoms with Crippen LogP contribution in [0.2, 0.25) is 0 Å². The molecule has 5 nitrogen and oxygen atoms in total. The van der Waals surface area contributed by atoms with Crippen molar-refractivity contribution in [3.8, 4) is 11.3 Å². The topological polar surface area (TPSA) is 69.4 Å². The molecule has 1 aliphatic heterocycles. The van der Waals surface area contributed by atoms with Gasteiger partial charge in [0, 0.05) is 22.2 Å². The SMILES string of the molecule is Cc1cc(-c2[nH]c3ccc(C4CCNCC4)cc3c2C(C)C)c2[nH]ncc2n1. The number of aryl methyl sites for hydroxylation is 1. The number of nitrogens with one attached hydrogen (secondary N) is 3. The molecule has 0 radical (unpaired) electrons. The fourth-order valence-electron chi connectivity index (χ4n) is 4.71. The Hall–Kier alpha value is -2.66. The third-order valence-electron chi connectivity index (χ3n) is 6.06. The lowest BCUT2D eigenvalue weighted by molar-refractivity contribution is 0.460. The lowest BCUT2D eigenvalue weighted by Crippen LogP contribution is -2.26. The van der Waals surface area contributed by atoms with Gasteiger partial charge in [0.2, 0.25) is 0 Å². The normalized spacial score (nSPS) is 15.9. The third-order valence-corrected chi connectivity index (χ3v) is 6.06. The maximum Gasteiger partial charge on any atom is 0.109 e. The van der Waals surface area contributed by atoms with Crippen LogP contribution in [0.1, 0.15) is 55.3 Å². The fraction of sp³-hybridized carbons (Fsp3) is 0.391. The van der Waals surface area contributed by atoms with Crippen LogP contribution in [0.5, 0.6) is 0 Å². The number of pyridine rings is 1. The quantitative estimate of drug-likeness (QED) is 0.473. The highest BCUT2D eigenvalue weighted by molar-refractivity contribution is 5.98. The van der Waals surface area contributed by atoms with Crippen LogP contribution in [0.3, 0.4) is 0 Å². The van der Waals surface area contributed by atoms with Gasteiger partial charge in [-0.1, -0.05) is 19.9 Å². The number of nitrogens with zero attached hydrogens (tertiary/aromatic N) is 2. The minimum absolute atomic E-state index is 0.415. The molecule has 1 fully saturated rings. The van der Waals surface area contributed by atoms with E-state index in [1.54, 1.807) is 6.20 Å². The van der Waals surface area contributed by atoms with Gasteiger partial charge in [-0.2, -0.15) is 5.10 Å². The highest BCUT2D eigenvalue weighted by Crippen LogP contribution is 2.39. The van der Waals surface area contributed by atoms with E-state index in [1.807, 2.05) is 6.92 Å². The largest absolute Gasteiger partial charge is 0.354 e. The van der Waals surface area contributed by atoms with Gasteiger partial charge in [0.05, 0.1) is 17.4 Å². The Morgan fingerprint density at radius 1 is 1.11 bits per heavy atom. The molecule has 1 aliphatic rings. The summed E-state index contributed by atoms with van der Waals surface area (Å²) in [6.07, 6.45) is 4.25. The second-order valence-electron chi connectivity index (χ2n) is 8.34. The highest BCUT2D eigenvalue weighted by atomic mass is 15.1. The molecule has 5 rings (SSSR count). The van der Waals surface area contributed by atoms with Crippen LogP contribution in [0, 0.1) is 6.92 Å². The first-order chi connectivity index (χ1) is 13.6. The molecule has 0 spiro atoms. The van der Waals surface area contributed by atoms with E-state index in [-0.39, 0.29) is 0 Å². The summed E-state index contributed by atoms with van der Waals surface area (Å²) < 4.78 is 0. The standard InChI is InChI=1S/C23H27N5/c1-13(2)21-17-11-16(15-6-8-24-9-7-15)4-5-19(17)27-23(21)18-10-14(3)26-20-12-25-28-22(18)20/h4-5,10-13,15,24,27H,6-9H2,1-3H3,(H,25,28). The number of fused-ring (bicyclic) bond motifs is 2. The predicted molar refractivity (Wildman–Crippen MR) is 115 cm³/mol. The maximum absolute atomic E-state index is 4.61. The van der Waals surface area contributed by atoms with Gasteiger partial charge in [-0.05, 0) is 74.0 Å². The number of piperidine rings is 1. The Kier molecular flexibility index (Phi) is 4.20. The molecule has 0 aliphatic carbocycles. The molecular formula is C23H27N5. The molecule has 0 unspecified atom stereocenters. The summed E-state index contributed by atoms with van der Waals surface area (Å²) in [7, 11) is 0. The van der Waals surface area contributed by atoms with Gasteiger partial charge in [0.25, 0.3) is 0 Å². The van der Waals surface area contributed by atoms with Crippen molar-refractivity contribution in [3.63, 3.8) is 0 Å². The van der Waals surface area contributed by atoms with Crippen molar-refractivity contribution in [2.45, 2.75) is 45.4 Å². The average molecular weight is 374 g/mol. The minimum atomic E-state index is 0.415. The van der Waals surface area contributed by atoms with Crippen molar-refractivity contribution < 1.29 is 0 Å². The molecule has 4 heterocycles. The number of rotatable bonds is 3. The van der Waals surface area contributed by atoms with E-state index in [0.29, 0.717) is 11.8 Å². The van der Waals surface area contributed by atoms with Crippen molar-refractivity contribution in [2.75, 3.05) is 13.1 Å². The summed E-state index contributed by atoms with van der Waals surface area (Å²) >= 11 is 0. The van der Waals surface area contributed by atoms with Gasteiger partial charge in [-0.3, -0.25) is 5.10 Å². The van der Waals surface area contributed by atoms with E-state index in [9.17, 15) is 0 Å². The van der Waals surface area contributed by atoms with E-state index >= 15 is 0 Å². The zero-order valence-corrected chi connectivity index (χ0v) is 16.8. The van der Waals surface area contributed by atoms with Gasteiger partial charge in [0.1, 0.15) is 5.52 Å². The van der Waals surface area contributed by atoms with Gasteiger partial charge >= 0.3 is 0 Å². The van der Waals surface area contributed by atoms with E-state index in [1.165, 1.54) is 40.6 Å². The van der Waals surface area contributed by atoms with Crippen molar-refractivity contribution in [2.24, 2.45) is 0 Å². The summed E-state index contributed by atoms with van der Waals surface area (Å²) in [5, 5.41) is 12.2. The van der Waals surface area contributed by atoms with Crippen LogP contribution in [-0.4, -0.2) is 33.3 Å². The zero-order valence-electron chi connectivity index (χ0n) is 16.8. The molecule has 0 atom stereocenters. The predicted octanol–water partition coefficient (Wildman–Crippen LogP) is 5.01. The number of H-pyrrole nitrogens is 2. The molecule has 5 heteroatoms. The maximum atomic E-state index is 4.61. The summed E-state index contributed by atoms with van der Waals surface area (Å²) in [6.45, 7) is 8.84. The van der Waals surface area contributed by atoms with Crippen LogP contribution in [-0.2, 0) is 0 Å². The third kappa shape index (κ3) is 2.81. The number of aromatic nitrogens is 4. The number of aromatic amines is 2. The number of hydrogen-bond donors (Lipinski definition) is 3. The minimum Gasteiger partial charge on any atom is -0.354 e. The van der Waals surface area contributed by atoms with Crippen LogP contribution in [0.15, 0.2) is 30.5 Å². The molecule has 28 heavy (non-hydrogen) atoms. The van der Waals surface area contributed by atoms with Crippen LogP contribution < -0.4 is 5.32 Å². The first-order valence-corrected chi connectivity index (χ1v) is 10.3. The molecule has 3 N–H and O–H groups in total. The van der Waals surface area contributed by atoms with E-state index in [4.69, 9.17) is 0 Å². The van der Waals surface area contributed by atoms with Crippen molar-refractivity contribution in [1.29, 1.82) is 0 Å². The van der Waals surface area contributed by atoms with Crippen LogP contribution in [0.25, 0.3) is 33.2 Å². The Morgan fingerprint density at radius 3 is 2.71 bits per heavy atom. The first-order valence-electron chi connectivity index (χ1n) is 10.3. The molecule has 1 saturated heterocycles. The van der Waals surface area contributed by atoms with Gasteiger partial charge in [0.15, 0.2) is 0 Å². The molecule has 4 aromatic rings. The molecule has 1 aromatic carbocycles. The average Bonchev–Trinajstić information content (AvgIpc) is 3.31. The molecule has 0 bridgehead atoms. The first kappa shape index (κ1) is 17.4. The van der Waals surface area contributed by atoms with E-state index < -0.39 is 0 Å². The van der Waals surface area contributed by atoms with Gasteiger partial charge in [-0.25, -0.2) is 4.98 Å². The summed E-state index contributed by atoms with van der Waals surface area (Å²) in [4.78, 5) is 8.33. The Bertz CT molecular complexity index is 1140. The van der Waals surface area contributed by atoms with Crippen molar-refractivity contribution in [1.82, 2.24) is 25.5 Å². The Balaban J connectivity index is 1.72. The van der Waals surface area contributed by atoms with Crippen LogP contribution >= 0.6 is 0 Å². The van der Waals surface area contributed by atoms with E-state index in [2.05, 4.69) is 63.6 Å². The Morgan fingerprint density at radius 2 is 1.93 bits per heavy atom. The molecule has 3 aromatic heterocycles. The second-order valence-corrected chi connectivity index (χ2v) is 8.34. The fourth-order valence-corrected chi connectivity index (χ4v) is 4.71. The van der Waals surface area contributed by atoms with E-state index in [0.717, 1.165) is 35.4 Å². The molecular weight excluding hydrogens is 346 g/mol. The molecule has 144 valence electrons. The summed E-state index contributed by atoms with van der Waals surface area (Å²) in [5.41, 5.74) is 9.32. The zero-order chi connectivity index (χ0) is 19.3. The van der Waals surface area contributed by atoms with Crippen LogP contribution in [0.4, 0.5) is 0 Å². The molecule has 0 amide bonds. The summed E-state index contributed by atoms with van der Waals surface area (Å²) in [6, 6.07) is 9.16. The second kappa shape index (κ2) is 6.74. The molecule has 0 saturated carbocycles. The Labute approximate surface area is 165 Å². The number of hydrogen-bond acceptors (Lipinski definition) is 3. The highest BCUT2D eigenvalue weighted by Gasteiger charge is 2.21. The monoisotopic (exact) mass is 373 g/mol.